The van der Waals surface area contributed by atoms with Crippen molar-refractivity contribution in [3.8, 4) is 33.7 Å². The number of nitrogens with zero attached hydrogens (tertiary/aromatic N) is 2. The molecule has 2 heterocycles. The van der Waals surface area contributed by atoms with Gasteiger partial charge in [0, 0.05) is 50.3 Å². The van der Waals surface area contributed by atoms with Crippen LogP contribution in [0.1, 0.15) is 49.9 Å². The van der Waals surface area contributed by atoms with Crippen LogP contribution >= 0.6 is 0 Å². The standard InChI is InChI=1S/C49H36N2O2/c1-48(2)40-17-11-9-15-34(40)36-24-30(19-22-41(36)48)51(32-18-21-35-33-14-8-10-16-39(33)49(3,4)42(35)26-32)31-20-23-44-37(25-31)38-27-46-43(28-45(38)52-44)50-47(53-46)29-12-6-5-7-13-29/h5-28H,1-4H3. The normalized spacial score (nSPS) is 14.7. The third-order valence-electron chi connectivity index (χ3n) is 11.9. The van der Waals surface area contributed by atoms with E-state index in [2.05, 4.69) is 142 Å². The molecule has 2 aliphatic carbocycles. The molecule has 0 saturated heterocycles. The maximum Gasteiger partial charge on any atom is 0.227 e. The van der Waals surface area contributed by atoms with Gasteiger partial charge in [-0.2, -0.15) is 0 Å². The molecule has 7 aromatic carbocycles. The molecule has 0 amide bonds. The van der Waals surface area contributed by atoms with E-state index in [4.69, 9.17) is 13.8 Å². The third kappa shape index (κ3) is 4.27. The van der Waals surface area contributed by atoms with Gasteiger partial charge in [-0.15, -0.1) is 0 Å². The molecule has 0 spiro atoms. The van der Waals surface area contributed by atoms with Crippen LogP contribution in [0.2, 0.25) is 0 Å². The number of hydrogen-bond donors (Lipinski definition) is 0. The predicted molar refractivity (Wildman–Crippen MR) is 217 cm³/mol. The lowest BCUT2D eigenvalue weighted by molar-refractivity contribution is 0.620. The predicted octanol–water partition coefficient (Wildman–Crippen LogP) is 13.5. The molecule has 0 unspecified atom stereocenters. The molecule has 53 heavy (non-hydrogen) atoms. The lowest BCUT2D eigenvalue weighted by Crippen LogP contribution is -2.17. The summed E-state index contributed by atoms with van der Waals surface area (Å²) < 4.78 is 12.8. The van der Waals surface area contributed by atoms with Gasteiger partial charge in [-0.05, 0) is 105 Å². The number of benzene rings is 7. The molecule has 2 aliphatic rings. The topological polar surface area (TPSA) is 42.4 Å². The van der Waals surface area contributed by atoms with E-state index in [0.717, 1.165) is 55.7 Å². The van der Waals surface area contributed by atoms with E-state index < -0.39 is 0 Å². The van der Waals surface area contributed by atoms with Crippen LogP contribution in [0.3, 0.4) is 0 Å². The molecule has 0 aliphatic heterocycles. The first kappa shape index (κ1) is 30.3. The molecule has 0 saturated carbocycles. The van der Waals surface area contributed by atoms with Crippen LogP contribution in [0.5, 0.6) is 0 Å². The van der Waals surface area contributed by atoms with Gasteiger partial charge in [0.15, 0.2) is 5.58 Å². The maximum atomic E-state index is 6.47. The first-order valence-electron chi connectivity index (χ1n) is 18.4. The number of anilines is 3. The Hall–Kier alpha value is -6.39. The number of hydrogen-bond acceptors (Lipinski definition) is 4. The Morgan fingerprint density at radius 2 is 1.02 bits per heavy atom. The summed E-state index contributed by atoms with van der Waals surface area (Å²) in [4.78, 5) is 7.21. The van der Waals surface area contributed by atoms with Gasteiger partial charge in [0.1, 0.15) is 16.7 Å². The van der Waals surface area contributed by atoms with Crippen LogP contribution in [0.4, 0.5) is 17.1 Å². The maximum absolute atomic E-state index is 6.47. The minimum atomic E-state index is -0.125. The minimum absolute atomic E-state index is 0.0697. The fraction of sp³-hybridized carbons (Fsp3) is 0.122. The molecule has 4 nitrogen and oxygen atoms in total. The Kier molecular flexibility index (Phi) is 6.04. The number of oxazole rings is 1. The van der Waals surface area contributed by atoms with Crippen molar-refractivity contribution in [2.45, 2.75) is 38.5 Å². The van der Waals surface area contributed by atoms with Crippen LogP contribution in [-0.2, 0) is 10.8 Å². The van der Waals surface area contributed by atoms with E-state index in [1.807, 2.05) is 36.4 Å². The first-order valence-corrected chi connectivity index (χ1v) is 18.4. The Bertz CT molecular complexity index is 2960. The molecule has 254 valence electrons. The van der Waals surface area contributed by atoms with Crippen LogP contribution < -0.4 is 4.90 Å². The fourth-order valence-corrected chi connectivity index (χ4v) is 9.15. The zero-order chi connectivity index (χ0) is 35.6. The summed E-state index contributed by atoms with van der Waals surface area (Å²) >= 11 is 0. The van der Waals surface area contributed by atoms with Gasteiger partial charge in [-0.25, -0.2) is 4.98 Å². The zero-order valence-corrected chi connectivity index (χ0v) is 30.1. The van der Waals surface area contributed by atoms with Crippen molar-refractivity contribution < 1.29 is 8.83 Å². The summed E-state index contributed by atoms with van der Waals surface area (Å²) in [6, 6.07) is 52.3. The Labute approximate surface area is 308 Å². The highest BCUT2D eigenvalue weighted by atomic mass is 16.4. The molecule has 2 aromatic heterocycles. The van der Waals surface area contributed by atoms with Gasteiger partial charge >= 0.3 is 0 Å². The average Bonchev–Trinajstić information content (AvgIpc) is 3.89. The number of fused-ring (bicyclic) bond motifs is 10. The van der Waals surface area contributed by atoms with Crippen molar-refractivity contribution in [3.63, 3.8) is 0 Å². The second-order valence-electron chi connectivity index (χ2n) is 15.6. The van der Waals surface area contributed by atoms with E-state index in [1.165, 1.54) is 44.5 Å². The van der Waals surface area contributed by atoms with Gasteiger partial charge in [-0.1, -0.05) is 107 Å². The molecule has 11 rings (SSSR count). The van der Waals surface area contributed by atoms with Crippen molar-refractivity contribution in [1.82, 2.24) is 4.98 Å². The van der Waals surface area contributed by atoms with Crippen LogP contribution in [0.25, 0.3) is 66.7 Å². The van der Waals surface area contributed by atoms with Gasteiger partial charge in [0.25, 0.3) is 0 Å². The van der Waals surface area contributed by atoms with Crippen LogP contribution in [-0.4, -0.2) is 4.98 Å². The fourth-order valence-electron chi connectivity index (χ4n) is 9.15. The number of furan rings is 1. The van der Waals surface area contributed by atoms with Crippen LogP contribution in [0, 0.1) is 0 Å². The smallest absolute Gasteiger partial charge is 0.227 e. The summed E-state index contributed by atoms with van der Waals surface area (Å²) in [7, 11) is 0. The SMILES string of the molecule is CC1(C)c2ccccc2-c2cc(N(c3ccc4c(c3)C(C)(C)c3ccccc3-4)c3ccc4oc5cc6nc(-c7ccccc7)oc6cc5c4c3)ccc21. The summed E-state index contributed by atoms with van der Waals surface area (Å²) in [6.45, 7) is 9.36. The summed E-state index contributed by atoms with van der Waals surface area (Å²) in [6.07, 6.45) is 0. The largest absolute Gasteiger partial charge is 0.456 e. The van der Waals surface area contributed by atoms with Crippen molar-refractivity contribution in [3.05, 3.63) is 168 Å². The van der Waals surface area contributed by atoms with E-state index >= 15 is 0 Å². The molecule has 0 fully saturated rings. The highest BCUT2D eigenvalue weighted by Gasteiger charge is 2.37. The third-order valence-corrected chi connectivity index (χ3v) is 11.9. The molecular formula is C49H36N2O2. The molecule has 0 N–H and O–H groups in total. The Balaban J connectivity index is 1.11. The molecule has 0 atom stereocenters. The second-order valence-corrected chi connectivity index (χ2v) is 15.6. The molecule has 0 bridgehead atoms. The van der Waals surface area contributed by atoms with Gasteiger partial charge in [0.2, 0.25) is 5.89 Å². The Morgan fingerprint density at radius 1 is 0.434 bits per heavy atom. The minimum Gasteiger partial charge on any atom is -0.456 e. The van der Waals surface area contributed by atoms with E-state index in [9.17, 15) is 0 Å². The number of aromatic nitrogens is 1. The van der Waals surface area contributed by atoms with Crippen molar-refractivity contribution in [1.29, 1.82) is 0 Å². The summed E-state index contributed by atoms with van der Waals surface area (Å²) in [5.74, 6) is 0.604. The molecular weight excluding hydrogens is 649 g/mol. The van der Waals surface area contributed by atoms with Gasteiger partial charge in [-0.3, -0.25) is 0 Å². The van der Waals surface area contributed by atoms with E-state index in [-0.39, 0.29) is 10.8 Å². The molecule has 4 heteroatoms. The summed E-state index contributed by atoms with van der Waals surface area (Å²) in [5.41, 5.74) is 17.8. The lowest BCUT2D eigenvalue weighted by atomic mass is 9.82. The van der Waals surface area contributed by atoms with E-state index in [1.54, 1.807) is 0 Å². The monoisotopic (exact) mass is 684 g/mol. The quantitative estimate of drug-likeness (QED) is 0.185. The van der Waals surface area contributed by atoms with Crippen molar-refractivity contribution >= 4 is 50.1 Å². The number of rotatable bonds is 4. The molecule has 0 radical (unpaired) electrons. The zero-order valence-electron chi connectivity index (χ0n) is 30.1. The van der Waals surface area contributed by atoms with Crippen LogP contribution in [0.15, 0.2) is 154 Å². The molecule has 9 aromatic rings. The summed E-state index contributed by atoms with van der Waals surface area (Å²) in [5, 5.41) is 2.03. The highest BCUT2D eigenvalue weighted by Crippen LogP contribution is 2.53. The first-order chi connectivity index (χ1) is 25.8. The van der Waals surface area contributed by atoms with E-state index in [0.29, 0.717) is 5.89 Å². The lowest BCUT2D eigenvalue weighted by Gasteiger charge is -2.29. The van der Waals surface area contributed by atoms with Gasteiger partial charge < -0.3 is 13.7 Å². The second kappa shape index (κ2) is 10.6. The van der Waals surface area contributed by atoms with Crippen molar-refractivity contribution in [2.75, 3.05) is 4.90 Å². The van der Waals surface area contributed by atoms with Crippen molar-refractivity contribution in [2.24, 2.45) is 0 Å². The Morgan fingerprint density at radius 3 is 1.81 bits per heavy atom. The highest BCUT2D eigenvalue weighted by molar-refractivity contribution is 6.10. The average molecular weight is 685 g/mol. The van der Waals surface area contributed by atoms with Gasteiger partial charge in [0.05, 0.1) is 0 Å².